The SMILES string of the molecule is CCNC(C(N)=O)C1CC=CCC1. The Morgan fingerprint density at radius 2 is 2.46 bits per heavy atom. The van der Waals surface area contributed by atoms with Crippen LogP contribution in [0.15, 0.2) is 12.2 Å². The molecule has 0 heterocycles. The molecule has 1 amide bonds. The molecule has 74 valence electrons. The van der Waals surface area contributed by atoms with Crippen molar-refractivity contribution in [3.63, 3.8) is 0 Å². The van der Waals surface area contributed by atoms with Gasteiger partial charge in [0.05, 0.1) is 6.04 Å². The molecule has 3 heteroatoms. The number of primary amides is 1. The Labute approximate surface area is 79.4 Å². The molecule has 0 spiro atoms. The highest BCUT2D eigenvalue weighted by molar-refractivity contribution is 5.80. The summed E-state index contributed by atoms with van der Waals surface area (Å²) in [4.78, 5) is 11.1. The molecule has 2 unspecified atom stereocenters. The van der Waals surface area contributed by atoms with E-state index in [9.17, 15) is 4.79 Å². The van der Waals surface area contributed by atoms with Crippen molar-refractivity contribution in [2.75, 3.05) is 6.54 Å². The molecular weight excluding hydrogens is 164 g/mol. The fourth-order valence-electron chi connectivity index (χ4n) is 1.84. The Kier molecular flexibility index (Phi) is 3.96. The number of nitrogens with two attached hydrogens (primary N) is 1. The lowest BCUT2D eigenvalue weighted by molar-refractivity contribution is -0.121. The van der Waals surface area contributed by atoms with Crippen molar-refractivity contribution in [2.24, 2.45) is 11.7 Å². The van der Waals surface area contributed by atoms with Gasteiger partial charge in [-0.3, -0.25) is 4.79 Å². The van der Waals surface area contributed by atoms with Gasteiger partial charge in [0.1, 0.15) is 0 Å². The maximum absolute atomic E-state index is 11.1. The van der Waals surface area contributed by atoms with Gasteiger partial charge in [0.25, 0.3) is 0 Å². The number of nitrogens with one attached hydrogen (secondary N) is 1. The van der Waals surface area contributed by atoms with E-state index < -0.39 is 0 Å². The minimum absolute atomic E-state index is 0.144. The Hall–Kier alpha value is -0.830. The van der Waals surface area contributed by atoms with Crippen LogP contribution in [0, 0.1) is 5.92 Å². The van der Waals surface area contributed by atoms with Crippen LogP contribution in [-0.2, 0) is 4.79 Å². The molecule has 0 saturated carbocycles. The first kappa shape index (κ1) is 10.3. The molecule has 3 N–H and O–H groups in total. The van der Waals surface area contributed by atoms with Gasteiger partial charge >= 0.3 is 0 Å². The lowest BCUT2D eigenvalue weighted by atomic mass is 9.87. The van der Waals surface area contributed by atoms with E-state index in [1.54, 1.807) is 0 Å². The number of allylic oxidation sites excluding steroid dienone is 2. The van der Waals surface area contributed by atoms with Crippen molar-refractivity contribution in [3.8, 4) is 0 Å². The summed E-state index contributed by atoms with van der Waals surface area (Å²) in [6.45, 7) is 2.79. The number of rotatable bonds is 4. The fourth-order valence-corrected chi connectivity index (χ4v) is 1.84. The predicted octanol–water partition coefficient (Wildman–Crippen LogP) is 0.806. The van der Waals surface area contributed by atoms with Crippen LogP contribution in [0.5, 0.6) is 0 Å². The second kappa shape index (κ2) is 5.02. The average molecular weight is 182 g/mol. The zero-order valence-electron chi connectivity index (χ0n) is 8.12. The van der Waals surface area contributed by atoms with Gasteiger partial charge in [0.2, 0.25) is 5.91 Å². The highest BCUT2D eigenvalue weighted by Crippen LogP contribution is 2.21. The van der Waals surface area contributed by atoms with Crippen molar-refractivity contribution in [2.45, 2.75) is 32.2 Å². The molecule has 1 rings (SSSR count). The summed E-state index contributed by atoms with van der Waals surface area (Å²) >= 11 is 0. The monoisotopic (exact) mass is 182 g/mol. The molecule has 0 aromatic heterocycles. The van der Waals surface area contributed by atoms with Gasteiger partial charge in [-0.2, -0.15) is 0 Å². The fraction of sp³-hybridized carbons (Fsp3) is 0.700. The lowest BCUT2D eigenvalue weighted by Crippen LogP contribution is -2.46. The normalized spacial score (nSPS) is 24.2. The molecule has 1 aliphatic rings. The van der Waals surface area contributed by atoms with E-state index in [2.05, 4.69) is 17.5 Å². The van der Waals surface area contributed by atoms with E-state index in [-0.39, 0.29) is 11.9 Å². The Balaban J connectivity index is 2.52. The third kappa shape index (κ3) is 2.84. The van der Waals surface area contributed by atoms with E-state index in [0.29, 0.717) is 5.92 Å². The minimum atomic E-state index is -0.220. The topological polar surface area (TPSA) is 55.1 Å². The molecule has 0 aliphatic heterocycles. The zero-order valence-corrected chi connectivity index (χ0v) is 8.12. The van der Waals surface area contributed by atoms with E-state index in [4.69, 9.17) is 5.73 Å². The number of carbonyl (C=O) groups is 1. The summed E-state index contributed by atoms with van der Waals surface area (Å²) in [6, 6.07) is -0.144. The van der Waals surface area contributed by atoms with Gasteiger partial charge in [0.15, 0.2) is 0 Å². The van der Waals surface area contributed by atoms with Crippen LogP contribution in [0.25, 0.3) is 0 Å². The smallest absolute Gasteiger partial charge is 0.234 e. The molecule has 0 saturated heterocycles. The molecular formula is C10H18N2O. The van der Waals surface area contributed by atoms with Gasteiger partial charge in [-0.25, -0.2) is 0 Å². The molecule has 0 aromatic carbocycles. The van der Waals surface area contributed by atoms with Crippen molar-refractivity contribution in [1.82, 2.24) is 5.32 Å². The molecule has 1 aliphatic carbocycles. The van der Waals surface area contributed by atoms with Crippen LogP contribution in [0.3, 0.4) is 0 Å². The van der Waals surface area contributed by atoms with Gasteiger partial charge in [0, 0.05) is 0 Å². The number of hydrogen-bond donors (Lipinski definition) is 2. The van der Waals surface area contributed by atoms with Crippen LogP contribution in [0.2, 0.25) is 0 Å². The molecule has 13 heavy (non-hydrogen) atoms. The van der Waals surface area contributed by atoms with Crippen LogP contribution in [0.1, 0.15) is 26.2 Å². The molecule has 3 nitrogen and oxygen atoms in total. The largest absolute Gasteiger partial charge is 0.368 e. The first-order chi connectivity index (χ1) is 6.25. The first-order valence-corrected chi connectivity index (χ1v) is 4.93. The molecule has 2 atom stereocenters. The second-order valence-corrected chi connectivity index (χ2v) is 3.48. The average Bonchev–Trinajstić information content (AvgIpc) is 2.15. The van der Waals surface area contributed by atoms with Crippen LogP contribution < -0.4 is 11.1 Å². The lowest BCUT2D eigenvalue weighted by Gasteiger charge is -2.25. The van der Waals surface area contributed by atoms with Crippen LogP contribution >= 0.6 is 0 Å². The molecule has 0 bridgehead atoms. The standard InChI is InChI=1S/C10H18N2O/c1-2-12-9(10(11)13)8-6-4-3-5-7-8/h3-4,8-9,12H,2,5-7H2,1H3,(H2,11,13). The van der Waals surface area contributed by atoms with E-state index in [1.165, 1.54) is 0 Å². The maximum atomic E-state index is 11.1. The summed E-state index contributed by atoms with van der Waals surface area (Å²) in [5, 5.41) is 3.14. The third-order valence-corrected chi connectivity index (χ3v) is 2.51. The summed E-state index contributed by atoms with van der Waals surface area (Å²) in [5.74, 6) is 0.171. The highest BCUT2D eigenvalue weighted by atomic mass is 16.1. The van der Waals surface area contributed by atoms with Crippen LogP contribution in [0.4, 0.5) is 0 Å². The maximum Gasteiger partial charge on any atom is 0.234 e. The first-order valence-electron chi connectivity index (χ1n) is 4.93. The van der Waals surface area contributed by atoms with Gasteiger partial charge in [-0.05, 0) is 31.7 Å². The quantitative estimate of drug-likeness (QED) is 0.632. The second-order valence-electron chi connectivity index (χ2n) is 3.48. The molecule has 0 fully saturated rings. The Morgan fingerprint density at radius 3 is 2.92 bits per heavy atom. The highest BCUT2D eigenvalue weighted by Gasteiger charge is 2.25. The van der Waals surface area contributed by atoms with Gasteiger partial charge in [-0.15, -0.1) is 0 Å². The van der Waals surface area contributed by atoms with Crippen molar-refractivity contribution in [1.29, 1.82) is 0 Å². The number of likely N-dealkylation sites (N-methyl/N-ethyl adjacent to an activating group) is 1. The van der Waals surface area contributed by atoms with E-state index >= 15 is 0 Å². The van der Waals surface area contributed by atoms with E-state index in [0.717, 1.165) is 25.8 Å². The summed E-state index contributed by atoms with van der Waals surface area (Å²) in [7, 11) is 0. The van der Waals surface area contributed by atoms with E-state index in [1.807, 2.05) is 6.92 Å². The Bertz CT molecular complexity index is 201. The van der Waals surface area contributed by atoms with Crippen molar-refractivity contribution < 1.29 is 4.79 Å². The number of carbonyl (C=O) groups excluding carboxylic acids is 1. The predicted molar refractivity (Wildman–Crippen MR) is 53.1 cm³/mol. The van der Waals surface area contributed by atoms with Gasteiger partial charge in [-0.1, -0.05) is 19.1 Å². The zero-order chi connectivity index (χ0) is 9.68. The molecule has 0 radical (unpaired) electrons. The summed E-state index contributed by atoms with van der Waals surface area (Å²) in [6.07, 6.45) is 7.42. The summed E-state index contributed by atoms with van der Waals surface area (Å²) < 4.78 is 0. The van der Waals surface area contributed by atoms with Gasteiger partial charge < -0.3 is 11.1 Å². The van der Waals surface area contributed by atoms with Crippen molar-refractivity contribution >= 4 is 5.91 Å². The van der Waals surface area contributed by atoms with Crippen molar-refractivity contribution in [3.05, 3.63) is 12.2 Å². The number of amides is 1. The number of hydrogen-bond acceptors (Lipinski definition) is 2. The molecule has 0 aromatic rings. The summed E-state index contributed by atoms with van der Waals surface area (Å²) in [5.41, 5.74) is 5.33. The van der Waals surface area contributed by atoms with Crippen LogP contribution in [-0.4, -0.2) is 18.5 Å². The minimum Gasteiger partial charge on any atom is -0.368 e. The third-order valence-electron chi connectivity index (χ3n) is 2.51. The Morgan fingerprint density at radius 1 is 1.69 bits per heavy atom.